The second-order valence-electron chi connectivity index (χ2n) is 8.05. The fourth-order valence-corrected chi connectivity index (χ4v) is 4.17. The lowest BCUT2D eigenvalue weighted by molar-refractivity contribution is -0.138. The van der Waals surface area contributed by atoms with Crippen LogP contribution in [0.2, 0.25) is 0 Å². The number of amides is 1. The molecule has 0 spiro atoms. The van der Waals surface area contributed by atoms with Crippen molar-refractivity contribution in [3.63, 3.8) is 0 Å². The Morgan fingerprint density at radius 2 is 1.64 bits per heavy atom. The van der Waals surface area contributed by atoms with E-state index >= 15 is 0 Å². The number of hydrogen-bond acceptors (Lipinski definition) is 4. The number of halogens is 2. The Labute approximate surface area is 166 Å². The number of carbonyl (C=O) groups excluding carboxylic acids is 1. The maximum atomic E-state index is 12.8. The summed E-state index contributed by atoms with van der Waals surface area (Å²) in [5.41, 5.74) is 0.890. The van der Waals surface area contributed by atoms with Gasteiger partial charge in [-0.15, -0.1) is 0 Å². The first-order chi connectivity index (χ1) is 13.4. The lowest BCUT2D eigenvalue weighted by Gasteiger charge is -2.39. The Balaban J connectivity index is 1.42. The zero-order chi connectivity index (χ0) is 20.1. The highest BCUT2D eigenvalue weighted by Gasteiger charge is 2.31. The molecule has 0 unspecified atom stereocenters. The molecule has 28 heavy (non-hydrogen) atoms. The van der Waals surface area contributed by atoms with Gasteiger partial charge < -0.3 is 15.0 Å². The van der Waals surface area contributed by atoms with Gasteiger partial charge in [0.15, 0.2) is 0 Å². The highest BCUT2D eigenvalue weighted by atomic mass is 19.3. The lowest BCUT2D eigenvalue weighted by Crippen LogP contribution is -2.52. The van der Waals surface area contributed by atoms with Crippen molar-refractivity contribution in [2.24, 2.45) is 5.92 Å². The van der Waals surface area contributed by atoms with Crippen LogP contribution in [-0.4, -0.2) is 60.6 Å². The summed E-state index contributed by atoms with van der Waals surface area (Å²) >= 11 is 0. The summed E-state index contributed by atoms with van der Waals surface area (Å²) in [6.07, 6.45) is 3.68. The first kappa shape index (κ1) is 20.8. The zero-order valence-electron chi connectivity index (χ0n) is 16.7. The molecule has 0 aromatic heterocycles. The smallest absolute Gasteiger partial charge is 0.387 e. The quantitative estimate of drug-likeness (QED) is 0.796. The standard InChI is InChI=1S/C21H31F2N3O2/c1-15(2)25-11-13-26(14-12-25)20(27)16-3-5-17(6-4-16)24-18-7-9-19(10-8-18)28-21(22)23/h7-10,15-17,21,24H,3-6,11-14H2,1-2H3/t16-,17+. The van der Waals surface area contributed by atoms with E-state index in [4.69, 9.17) is 0 Å². The lowest BCUT2D eigenvalue weighted by atomic mass is 9.85. The Morgan fingerprint density at radius 1 is 1.04 bits per heavy atom. The number of piperazine rings is 1. The van der Waals surface area contributed by atoms with E-state index in [1.54, 1.807) is 24.3 Å². The van der Waals surface area contributed by atoms with Gasteiger partial charge in [-0.25, -0.2) is 0 Å². The van der Waals surface area contributed by atoms with Gasteiger partial charge in [0.05, 0.1) is 0 Å². The number of carbonyl (C=O) groups is 1. The normalized spacial score (nSPS) is 23.9. The Morgan fingerprint density at radius 3 is 2.18 bits per heavy atom. The molecule has 0 bridgehead atoms. The van der Waals surface area contributed by atoms with Crippen molar-refractivity contribution in [3.8, 4) is 5.75 Å². The SMILES string of the molecule is CC(C)N1CCN(C(=O)[C@H]2CC[C@@H](Nc3ccc(OC(F)F)cc3)CC2)CC1. The minimum absolute atomic E-state index is 0.130. The van der Waals surface area contributed by atoms with Crippen molar-refractivity contribution in [1.29, 1.82) is 0 Å². The molecule has 3 rings (SSSR count). The maximum absolute atomic E-state index is 12.8. The minimum atomic E-state index is -2.81. The van der Waals surface area contributed by atoms with Gasteiger partial charge in [0.1, 0.15) is 5.75 Å². The number of benzene rings is 1. The van der Waals surface area contributed by atoms with E-state index in [0.717, 1.165) is 57.5 Å². The van der Waals surface area contributed by atoms with Crippen LogP contribution >= 0.6 is 0 Å². The number of rotatable bonds is 6. The van der Waals surface area contributed by atoms with Gasteiger partial charge in [-0.2, -0.15) is 8.78 Å². The molecule has 7 heteroatoms. The topological polar surface area (TPSA) is 44.8 Å². The summed E-state index contributed by atoms with van der Waals surface area (Å²) in [5, 5.41) is 3.44. The van der Waals surface area contributed by atoms with E-state index in [0.29, 0.717) is 18.0 Å². The third-order valence-electron chi connectivity index (χ3n) is 5.88. The second-order valence-corrected chi connectivity index (χ2v) is 8.05. The van der Waals surface area contributed by atoms with Crippen molar-refractivity contribution in [2.45, 2.75) is 58.2 Å². The Bertz CT molecular complexity index is 623. The molecule has 1 aromatic carbocycles. The van der Waals surface area contributed by atoms with Gasteiger partial charge in [-0.05, 0) is 63.8 Å². The number of nitrogens with one attached hydrogen (secondary N) is 1. The number of nitrogens with zero attached hydrogens (tertiary/aromatic N) is 2. The second kappa shape index (κ2) is 9.54. The van der Waals surface area contributed by atoms with Crippen LogP contribution in [0.15, 0.2) is 24.3 Å². The molecule has 1 saturated carbocycles. The van der Waals surface area contributed by atoms with Crippen LogP contribution in [0.5, 0.6) is 5.75 Å². The molecule has 1 saturated heterocycles. The van der Waals surface area contributed by atoms with Crippen LogP contribution in [0.25, 0.3) is 0 Å². The summed E-state index contributed by atoms with van der Waals surface area (Å²) in [5.74, 6) is 0.605. The summed E-state index contributed by atoms with van der Waals surface area (Å²) in [6.45, 7) is 5.19. The molecule has 1 aliphatic heterocycles. The first-order valence-electron chi connectivity index (χ1n) is 10.3. The molecular formula is C21H31F2N3O2. The van der Waals surface area contributed by atoms with Crippen LogP contribution in [0.1, 0.15) is 39.5 Å². The van der Waals surface area contributed by atoms with E-state index in [9.17, 15) is 13.6 Å². The van der Waals surface area contributed by atoms with E-state index in [2.05, 4.69) is 28.8 Å². The van der Waals surface area contributed by atoms with Gasteiger partial charge in [-0.1, -0.05) is 0 Å². The van der Waals surface area contributed by atoms with E-state index in [-0.39, 0.29) is 11.7 Å². The Kier molecular flexibility index (Phi) is 7.10. The van der Waals surface area contributed by atoms with Gasteiger partial charge in [-0.3, -0.25) is 9.69 Å². The maximum Gasteiger partial charge on any atom is 0.387 e. The predicted molar refractivity (Wildman–Crippen MR) is 106 cm³/mol. The third-order valence-corrected chi connectivity index (χ3v) is 5.88. The van der Waals surface area contributed by atoms with E-state index in [1.165, 1.54) is 0 Å². The molecule has 2 fully saturated rings. The monoisotopic (exact) mass is 395 g/mol. The zero-order valence-corrected chi connectivity index (χ0v) is 16.7. The largest absolute Gasteiger partial charge is 0.435 e. The van der Waals surface area contributed by atoms with Gasteiger partial charge in [0, 0.05) is 49.9 Å². The molecule has 1 aromatic rings. The number of ether oxygens (including phenoxy) is 1. The van der Waals surface area contributed by atoms with Crippen molar-refractivity contribution in [2.75, 3.05) is 31.5 Å². The highest BCUT2D eigenvalue weighted by molar-refractivity contribution is 5.79. The van der Waals surface area contributed by atoms with E-state index < -0.39 is 6.61 Å². The molecule has 0 atom stereocenters. The fourth-order valence-electron chi connectivity index (χ4n) is 4.17. The number of anilines is 1. The van der Waals surface area contributed by atoms with Crippen molar-refractivity contribution in [1.82, 2.24) is 9.80 Å². The number of hydrogen-bond donors (Lipinski definition) is 1. The average Bonchev–Trinajstić information content (AvgIpc) is 2.69. The van der Waals surface area contributed by atoms with Crippen LogP contribution in [0, 0.1) is 5.92 Å². The molecule has 156 valence electrons. The summed E-state index contributed by atoms with van der Waals surface area (Å²) < 4.78 is 28.8. The van der Waals surface area contributed by atoms with Crippen LogP contribution in [0.3, 0.4) is 0 Å². The van der Waals surface area contributed by atoms with Gasteiger partial charge in [0.25, 0.3) is 0 Å². The molecule has 0 radical (unpaired) electrons. The van der Waals surface area contributed by atoms with Gasteiger partial charge >= 0.3 is 6.61 Å². The predicted octanol–water partition coefficient (Wildman–Crippen LogP) is 3.81. The fraction of sp³-hybridized carbons (Fsp3) is 0.667. The molecule has 2 aliphatic rings. The van der Waals surface area contributed by atoms with E-state index in [1.807, 2.05) is 4.90 Å². The molecule has 5 nitrogen and oxygen atoms in total. The third kappa shape index (κ3) is 5.56. The van der Waals surface area contributed by atoms with Crippen LogP contribution in [-0.2, 0) is 4.79 Å². The molecule has 1 N–H and O–H groups in total. The van der Waals surface area contributed by atoms with Gasteiger partial charge in [0.2, 0.25) is 5.91 Å². The minimum Gasteiger partial charge on any atom is -0.435 e. The average molecular weight is 395 g/mol. The van der Waals surface area contributed by atoms with Crippen molar-refractivity contribution >= 4 is 11.6 Å². The molecule has 1 amide bonds. The summed E-state index contributed by atoms with van der Waals surface area (Å²) in [6, 6.07) is 7.44. The van der Waals surface area contributed by atoms with Crippen LogP contribution < -0.4 is 10.1 Å². The van der Waals surface area contributed by atoms with Crippen molar-refractivity contribution < 1.29 is 18.3 Å². The highest BCUT2D eigenvalue weighted by Crippen LogP contribution is 2.29. The summed E-state index contributed by atoms with van der Waals surface area (Å²) in [7, 11) is 0. The first-order valence-corrected chi connectivity index (χ1v) is 10.3. The van der Waals surface area contributed by atoms with Crippen LogP contribution in [0.4, 0.5) is 14.5 Å². The molecular weight excluding hydrogens is 364 g/mol. The summed E-state index contributed by atoms with van der Waals surface area (Å²) in [4.78, 5) is 17.3. The Hall–Kier alpha value is -1.89. The molecule has 1 heterocycles. The number of alkyl halides is 2. The molecule has 1 aliphatic carbocycles. The van der Waals surface area contributed by atoms with Crippen molar-refractivity contribution in [3.05, 3.63) is 24.3 Å².